The quantitative estimate of drug-likeness (QED) is 0.885. The minimum Gasteiger partial charge on any atom is -0.373 e. The Balaban J connectivity index is 2.54. The van der Waals surface area contributed by atoms with Gasteiger partial charge in [-0.3, -0.25) is 0 Å². The lowest BCUT2D eigenvalue weighted by atomic mass is 10.1. The molecule has 0 bridgehead atoms. The highest BCUT2D eigenvalue weighted by Gasteiger charge is 2.10. The highest BCUT2D eigenvalue weighted by atomic mass is 32.1. The highest BCUT2D eigenvalue weighted by molar-refractivity contribution is 7.08. The van der Waals surface area contributed by atoms with E-state index in [1.807, 2.05) is 25.4 Å². The molecule has 2 aromatic heterocycles. The fourth-order valence-electron chi connectivity index (χ4n) is 1.75. The Morgan fingerprint density at radius 2 is 2.19 bits per heavy atom. The van der Waals surface area contributed by atoms with Crippen molar-refractivity contribution in [1.82, 2.24) is 9.97 Å². The average Bonchev–Trinajstić information content (AvgIpc) is 2.81. The Labute approximate surface area is 99.6 Å². The van der Waals surface area contributed by atoms with Gasteiger partial charge in [-0.05, 0) is 24.8 Å². The van der Waals surface area contributed by atoms with Crippen molar-refractivity contribution in [3.05, 3.63) is 28.1 Å². The van der Waals surface area contributed by atoms with Gasteiger partial charge in [-0.15, -0.1) is 0 Å². The molecule has 0 aliphatic carbocycles. The molecule has 0 aliphatic rings. The first-order valence-electron chi connectivity index (χ1n) is 5.34. The second-order valence-corrected chi connectivity index (χ2v) is 4.36. The maximum atomic E-state index is 4.55. The van der Waals surface area contributed by atoms with E-state index in [0.717, 1.165) is 29.3 Å². The summed E-state index contributed by atoms with van der Waals surface area (Å²) >= 11 is 1.66. The Hall–Kier alpha value is -1.42. The number of aromatic nitrogens is 2. The van der Waals surface area contributed by atoms with E-state index in [4.69, 9.17) is 0 Å². The van der Waals surface area contributed by atoms with E-state index < -0.39 is 0 Å². The summed E-state index contributed by atoms with van der Waals surface area (Å²) in [5.41, 5.74) is 3.34. The van der Waals surface area contributed by atoms with Crippen molar-refractivity contribution >= 4 is 17.2 Å². The van der Waals surface area contributed by atoms with Gasteiger partial charge < -0.3 is 5.32 Å². The molecule has 0 fully saturated rings. The lowest BCUT2D eigenvalue weighted by Gasteiger charge is -2.10. The topological polar surface area (TPSA) is 37.8 Å². The molecule has 0 aliphatic heterocycles. The zero-order valence-electron chi connectivity index (χ0n) is 9.74. The molecule has 3 nitrogen and oxygen atoms in total. The number of rotatable bonds is 3. The SMILES string of the molecule is CCc1c(C)nc(-c2ccsc2)nc1NC. The summed E-state index contributed by atoms with van der Waals surface area (Å²) in [5.74, 6) is 1.75. The third kappa shape index (κ3) is 1.93. The van der Waals surface area contributed by atoms with Crippen LogP contribution in [0.15, 0.2) is 16.8 Å². The predicted molar refractivity (Wildman–Crippen MR) is 69.0 cm³/mol. The van der Waals surface area contributed by atoms with Crippen LogP contribution in [0.4, 0.5) is 5.82 Å². The van der Waals surface area contributed by atoms with Crippen LogP contribution in [0.1, 0.15) is 18.2 Å². The van der Waals surface area contributed by atoms with Crippen molar-refractivity contribution in [2.45, 2.75) is 20.3 Å². The minimum absolute atomic E-state index is 0.806. The number of anilines is 1. The van der Waals surface area contributed by atoms with Crippen LogP contribution in [-0.4, -0.2) is 17.0 Å². The van der Waals surface area contributed by atoms with E-state index >= 15 is 0 Å². The van der Waals surface area contributed by atoms with Crippen molar-refractivity contribution in [3.63, 3.8) is 0 Å². The lowest BCUT2D eigenvalue weighted by Crippen LogP contribution is -2.04. The number of thiophene rings is 1. The van der Waals surface area contributed by atoms with E-state index in [-0.39, 0.29) is 0 Å². The zero-order chi connectivity index (χ0) is 11.5. The molecule has 1 N–H and O–H groups in total. The summed E-state index contributed by atoms with van der Waals surface area (Å²) in [6, 6.07) is 2.05. The van der Waals surface area contributed by atoms with Gasteiger partial charge in [-0.1, -0.05) is 6.92 Å². The molecule has 0 spiro atoms. The van der Waals surface area contributed by atoms with Gasteiger partial charge >= 0.3 is 0 Å². The average molecular weight is 233 g/mol. The van der Waals surface area contributed by atoms with Crippen LogP contribution >= 0.6 is 11.3 Å². The molecular formula is C12H15N3S. The molecule has 0 unspecified atom stereocenters. The summed E-state index contributed by atoms with van der Waals surface area (Å²) in [6.07, 6.45) is 0.950. The predicted octanol–water partition coefficient (Wildman–Crippen LogP) is 3.12. The first-order chi connectivity index (χ1) is 7.76. The summed E-state index contributed by atoms with van der Waals surface area (Å²) < 4.78 is 0. The van der Waals surface area contributed by atoms with Gasteiger partial charge in [0.1, 0.15) is 5.82 Å². The second-order valence-electron chi connectivity index (χ2n) is 3.58. The molecule has 0 aromatic carbocycles. The van der Waals surface area contributed by atoms with Crippen LogP contribution in [0.3, 0.4) is 0 Å². The molecule has 84 valence electrons. The Bertz CT molecular complexity index is 477. The number of hydrogen-bond acceptors (Lipinski definition) is 4. The Morgan fingerprint density at radius 1 is 1.38 bits per heavy atom. The Kier molecular flexibility index (Phi) is 3.19. The number of nitrogens with zero attached hydrogens (tertiary/aromatic N) is 2. The van der Waals surface area contributed by atoms with Gasteiger partial charge in [0.2, 0.25) is 0 Å². The first kappa shape index (κ1) is 11.1. The molecule has 0 saturated carbocycles. The van der Waals surface area contributed by atoms with Crippen molar-refractivity contribution in [3.8, 4) is 11.4 Å². The molecule has 2 rings (SSSR count). The molecule has 0 amide bonds. The monoisotopic (exact) mass is 233 g/mol. The zero-order valence-corrected chi connectivity index (χ0v) is 10.6. The molecule has 0 radical (unpaired) electrons. The largest absolute Gasteiger partial charge is 0.373 e. The Morgan fingerprint density at radius 3 is 2.75 bits per heavy atom. The molecule has 0 atom stereocenters. The molecule has 2 aromatic rings. The molecular weight excluding hydrogens is 218 g/mol. The van der Waals surface area contributed by atoms with Crippen LogP contribution in [0, 0.1) is 6.92 Å². The standard InChI is InChI=1S/C12H15N3S/c1-4-10-8(2)14-11(15-12(10)13-3)9-5-6-16-7-9/h5-7H,4H2,1-3H3,(H,13,14,15). The summed E-state index contributed by atoms with van der Waals surface area (Å²) in [7, 11) is 1.90. The van der Waals surface area contributed by atoms with Crippen LogP contribution < -0.4 is 5.32 Å². The smallest absolute Gasteiger partial charge is 0.162 e. The van der Waals surface area contributed by atoms with Crippen molar-refractivity contribution in [2.24, 2.45) is 0 Å². The van der Waals surface area contributed by atoms with E-state index in [1.54, 1.807) is 11.3 Å². The third-order valence-electron chi connectivity index (χ3n) is 2.58. The summed E-state index contributed by atoms with van der Waals surface area (Å²) in [4.78, 5) is 9.10. The maximum Gasteiger partial charge on any atom is 0.162 e. The van der Waals surface area contributed by atoms with Gasteiger partial charge in [0.15, 0.2) is 5.82 Å². The van der Waals surface area contributed by atoms with Gasteiger partial charge in [-0.25, -0.2) is 9.97 Å². The fourth-order valence-corrected chi connectivity index (χ4v) is 2.38. The molecule has 2 heterocycles. The van der Waals surface area contributed by atoms with Gasteiger partial charge in [-0.2, -0.15) is 11.3 Å². The van der Waals surface area contributed by atoms with Crippen LogP contribution in [0.2, 0.25) is 0 Å². The van der Waals surface area contributed by atoms with E-state index in [1.165, 1.54) is 5.56 Å². The minimum atomic E-state index is 0.806. The molecule has 16 heavy (non-hydrogen) atoms. The number of hydrogen-bond donors (Lipinski definition) is 1. The van der Waals surface area contributed by atoms with Crippen molar-refractivity contribution in [2.75, 3.05) is 12.4 Å². The van der Waals surface area contributed by atoms with Crippen LogP contribution in [0.25, 0.3) is 11.4 Å². The van der Waals surface area contributed by atoms with E-state index in [2.05, 4.69) is 27.6 Å². The lowest BCUT2D eigenvalue weighted by molar-refractivity contribution is 1.00. The normalized spacial score (nSPS) is 10.4. The number of aryl methyl sites for hydroxylation is 1. The first-order valence-corrected chi connectivity index (χ1v) is 6.28. The van der Waals surface area contributed by atoms with E-state index in [9.17, 15) is 0 Å². The van der Waals surface area contributed by atoms with Crippen LogP contribution in [0.5, 0.6) is 0 Å². The van der Waals surface area contributed by atoms with E-state index in [0.29, 0.717) is 0 Å². The second kappa shape index (κ2) is 4.61. The maximum absolute atomic E-state index is 4.55. The van der Waals surface area contributed by atoms with Crippen molar-refractivity contribution < 1.29 is 0 Å². The van der Waals surface area contributed by atoms with Crippen LogP contribution in [-0.2, 0) is 6.42 Å². The molecule has 0 saturated heterocycles. The van der Waals surface area contributed by atoms with Gasteiger partial charge in [0.25, 0.3) is 0 Å². The van der Waals surface area contributed by atoms with Crippen molar-refractivity contribution in [1.29, 1.82) is 0 Å². The third-order valence-corrected chi connectivity index (χ3v) is 3.27. The molecule has 4 heteroatoms. The highest BCUT2D eigenvalue weighted by Crippen LogP contribution is 2.23. The summed E-state index contributed by atoms with van der Waals surface area (Å²) in [6.45, 7) is 4.16. The summed E-state index contributed by atoms with van der Waals surface area (Å²) in [5, 5.41) is 7.25. The number of nitrogens with one attached hydrogen (secondary N) is 1. The fraction of sp³-hybridized carbons (Fsp3) is 0.333. The van der Waals surface area contributed by atoms with Gasteiger partial charge in [0, 0.05) is 29.2 Å². The van der Waals surface area contributed by atoms with Gasteiger partial charge in [0.05, 0.1) is 0 Å².